The Hall–Kier alpha value is -1.63. The Bertz CT molecular complexity index is 481. The number of halogens is 4. The number of benzene rings is 1. The molecule has 19 heavy (non-hydrogen) atoms. The first-order chi connectivity index (χ1) is 8.91. The molecule has 1 aliphatic rings. The minimum atomic E-state index is -4.81. The Morgan fingerprint density at radius 3 is 2.42 bits per heavy atom. The first-order valence-corrected chi connectivity index (χ1v) is 5.64. The zero-order valence-corrected chi connectivity index (χ0v) is 9.84. The molecule has 0 unspecified atom stereocenters. The summed E-state index contributed by atoms with van der Waals surface area (Å²) in [7, 11) is 0. The van der Waals surface area contributed by atoms with Gasteiger partial charge in [-0.05, 0) is 12.1 Å². The fraction of sp³-hybridized carbons (Fsp3) is 0.417. The molecular formula is C12H11F4NO2. The van der Waals surface area contributed by atoms with E-state index in [1.807, 2.05) is 0 Å². The van der Waals surface area contributed by atoms with Crippen LogP contribution in [0.15, 0.2) is 18.2 Å². The first kappa shape index (κ1) is 13.8. The molecule has 1 aromatic rings. The molecule has 0 spiro atoms. The fourth-order valence-corrected chi connectivity index (χ4v) is 1.85. The van der Waals surface area contributed by atoms with Gasteiger partial charge >= 0.3 is 6.18 Å². The number of morpholine rings is 1. The summed E-state index contributed by atoms with van der Waals surface area (Å²) in [5.41, 5.74) is -1.98. The van der Waals surface area contributed by atoms with Gasteiger partial charge in [0.2, 0.25) is 0 Å². The molecule has 0 aromatic heterocycles. The van der Waals surface area contributed by atoms with E-state index >= 15 is 0 Å². The molecule has 1 fully saturated rings. The van der Waals surface area contributed by atoms with Gasteiger partial charge in [0.05, 0.1) is 24.3 Å². The third-order valence-electron chi connectivity index (χ3n) is 2.83. The van der Waals surface area contributed by atoms with Crippen LogP contribution in [0.1, 0.15) is 15.9 Å². The zero-order chi connectivity index (χ0) is 14.0. The predicted octanol–water partition coefficient (Wildman–Crippen LogP) is 2.32. The monoisotopic (exact) mass is 277 g/mol. The second-order valence-corrected chi connectivity index (χ2v) is 4.07. The van der Waals surface area contributed by atoms with Crippen molar-refractivity contribution in [3.05, 3.63) is 35.1 Å². The van der Waals surface area contributed by atoms with Crippen LogP contribution in [-0.2, 0) is 10.9 Å². The summed E-state index contributed by atoms with van der Waals surface area (Å²) in [6, 6.07) is 2.70. The lowest BCUT2D eigenvalue weighted by Gasteiger charge is -2.27. The molecule has 104 valence electrons. The van der Waals surface area contributed by atoms with Crippen molar-refractivity contribution in [2.75, 3.05) is 26.3 Å². The van der Waals surface area contributed by atoms with E-state index in [0.717, 1.165) is 12.1 Å². The molecular weight excluding hydrogens is 266 g/mol. The highest BCUT2D eigenvalue weighted by Gasteiger charge is 2.36. The van der Waals surface area contributed by atoms with E-state index in [0.29, 0.717) is 19.3 Å². The maximum absolute atomic E-state index is 13.8. The zero-order valence-electron chi connectivity index (χ0n) is 9.84. The van der Waals surface area contributed by atoms with Crippen LogP contribution in [0.5, 0.6) is 0 Å². The Morgan fingerprint density at radius 2 is 1.84 bits per heavy atom. The van der Waals surface area contributed by atoms with Gasteiger partial charge in [-0.15, -0.1) is 0 Å². The van der Waals surface area contributed by atoms with Crippen molar-refractivity contribution in [2.24, 2.45) is 0 Å². The lowest BCUT2D eigenvalue weighted by atomic mass is 10.1. The summed E-state index contributed by atoms with van der Waals surface area (Å²) in [6.45, 7) is 1.08. The number of amides is 1. The first-order valence-electron chi connectivity index (χ1n) is 5.64. The lowest BCUT2D eigenvalue weighted by molar-refractivity contribution is -0.140. The van der Waals surface area contributed by atoms with Crippen LogP contribution in [0.4, 0.5) is 17.6 Å². The van der Waals surface area contributed by atoms with Crippen LogP contribution >= 0.6 is 0 Å². The number of alkyl halides is 3. The highest BCUT2D eigenvalue weighted by molar-refractivity contribution is 5.94. The third-order valence-corrected chi connectivity index (χ3v) is 2.83. The summed E-state index contributed by atoms with van der Waals surface area (Å²) in [5, 5.41) is 0. The van der Waals surface area contributed by atoms with Gasteiger partial charge in [0.15, 0.2) is 0 Å². The molecule has 0 N–H and O–H groups in total. The van der Waals surface area contributed by atoms with Crippen LogP contribution in [0, 0.1) is 5.82 Å². The number of hydrogen-bond donors (Lipinski definition) is 0. The van der Waals surface area contributed by atoms with Gasteiger partial charge in [-0.2, -0.15) is 13.2 Å². The van der Waals surface area contributed by atoms with Crippen molar-refractivity contribution >= 4 is 5.91 Å². The molecule has 0 saturated carbocycles. The van der Waals surface area contributed by atoms with Gasteiger partial charge in [0.25, 0.3) is 5.91 Å². The number of nitrogens with zero attached hydrogens (tertiary/aromatic N) is 1. The Balaban J connectivity index is 2.32. The van der Waals surface area contributed by atoms with Gasteiger partial charge in [-0.3, -0.25) is 4.79 Å². The molecule has 0 bridgehead atoms. The highest BCUT2D eigenvalue weighted by Crippen LogP contribution is 2.32. The standard InChI is InChI=1S/C12H11F4NO2/c13-10-8(2-1-3-9(10)12(14,15)16)11(18)17-4-6-19-7-5-17/h1-3H,4-7H2. The average molecular weight is 277 g/mol. The molecule has 1 amide bonds. The van der Waals surface area contributed by atoms with E-state index in [2.05, 4.69) is 0 Å². The quantitative estimate of drug-likeness (QED) is 0.737. The Kier molecular flexibility index (Phi) is 3.75. The van der Waals surface area contributed by atoms with Crippen LogP contribution in [0.3, 0.4) is 0 Å². The Morgan fingerprint density at radius 1 is 1.21 bits per heavy atom. The smallest absolute Gasteiger partial charge is 0.378 e. The minimum Gasteiger partial charge on any atom is -0.378 e. The van der Waals surface area contributed by atoms with Crippen molar-refractivity contribution in [3.63, 3.8) is 0 Å². The lowest BCUT2D eigenvalue weighted by Crippen LogP contribution is -2.41. The largest absolute Gasteiger partial charge is 0.419 e. The van der Waals surface area contributed by atoms with Crippen LogP contribution < -0.4 is 0 Å². The molecule has 3 nitrogen and oxygen atoms in total. The topological polar surface area (TPSA) is 29.5 Å². The second kappa shape index (κ2) is 5.16. The van der Waals surface area contributed by atoms with Crippen LogP contribution in [0.25, 0.3) is 0 Å². The van der Waals surface area contributed by atoms with E-state index in [4.69, 9.17) is 4.74 Å². The normalized spacial score (nSPS) is 16.5. The van der Waals surface area contributed by atoms with E-state index in [9.17, 15) is 22.4 Å². The minimum absolute atomic E-state index is 0.245. The number of carbonyl (C=O) groups excluding carboxylic acids is 1. The summed E-state index contributed by atoms with van der Waals surface area (Å²) in [4.78, 5) is 13.2. The number of carbonyl (C=O) groups is 1. The van der Waals surface area contributed by atoms with Crippen LogP contribution in [-0.4, -0.2) is 37.1 Å². The maximum atomic E-state index is 13.8. The molecule has 1 saturated heterocycles. The highest BCUT2D eigenvalue weighted by atomic mass is 19.4. The number of rotatable bonds is 1. The van der Waals surface area contributed by atoms with E-state index in [-0.39, 0.29) is 13.1 Å². The SMILES string of the molecule is O=C(c1cccc(C(F)(F)F)c1F)N1CCOCC1. The molecule has 0 atom stereocenters. The van der Waals surface area contributed by atoms with E-state index < -0.39 is 29.0 Å². The maximum Gasteiger partial charge on any atom is 0.419 e. The van der Waals surface area contributed by atoms with Crippen molar-refractivity contribution in [1.29, 1.82) is 0 Å². The van der Waals surface area contributed by atoms with Crippen molar-refractivity contribution < 1.29 is 27.1 Å². The van der Waals surface area contributed by atoms with Crippen LogP contribution in [0.2, 0.25) is 0 Å². The molecule has 0 aliphatic carbocycles. The Labute approximate surface area is 106 Å². The predicted molar refractivity (Wildman–Crippen MR) is 58.1 cm³/mol. The summed E-state index contributed by atoms with van der Waals surface area (Å²) < 4.78 is 56.4. The molecule has 1 heterocycles. The number of hydrogen-bond acceptors (Lipinski definition) is 2. The van der Waals surface area contributed by atoms with Gasteiger partial charge in [-0.1, -0.05) is 6.07 Å². The van der Waals surface area contributed by atoms with Gasteiger partial charge in [-0.25, -0.2) is 4.39 Å². The van der Waals surface area contributed by atoms with Crippen molar-refractivity contribution in [1.82, 2.24) is 4.90 Å². The van der Waals surface area contributed by atoms with Gasteiger partial charge in [0, 0.05) is 13.1 Å². The molecule has 1 aromatic carbocycles. The fourth-order valence-electron chi connectivity index (χ4n) is 1.85. The van der Waals surface area contributed by atoms with Gasteiger partial charge < -0.3 is 9.64 Å². The average Bonchev–Trinajstić information content (AvgIpc) is 2.38. The number of ether oxygens (including phenoxy) is 1. The summed E-state index contributed by atoms with van der Waals surface area (Å²) in [5.74, 6) is -2.27. The second-order valence-electron chi connectivity index (χ2n) is 4.07. The molecule has 7 heteroatoms. The van der Waals surface area contributed by atoms with E-state index in [1.165, 1.54) is 4.90 Å². The summed E-state index contributed by atoms with van der Waals surface area (Å²) >= 11 is 0. The van der Waals surface area contributed by atoms with Crippen molar-refractivity contribution in [3.8, 4) is 0 Å². The summed E-state index contributed by atoms with van der Waals surface area (Å²) in [6.07, 6.45) is -4.81. The van der Waals surface area contributed by atoms with Crippen molar-refractivity contribution in [2.45, 2.75) is 6.18 Å². The molecule has 0 radical (unpaired) electrons. The van der Waals surface area contributed by atoms with Gasteiger partial charge in [0.1, 0.15) is 5.82 Å². The third kappa shape index (κ3) is 2.86. The molecule has 2 rings (SSSR count). The van der Waals surface area contributed by atoms with E-state index in [1.54, 1.807) is 0 Å². The molecule has 1 aliphatic heterocycles.